The lowest BCUT2D eigenvalue weighted by molar-refractivity contribution is 0.111. The first-order valence-corrected chi connectivity index (χ1v) is 6.76. The minimum absolute atomic E-state index is 0.280. The van der Waals surface area contributed by atoms with Gasteiger partial charge in [-0.25, -0.2) is 13.8 Å². The van der Waals surface area contributed by atoms with E-state index >= 15 is 0 Å². The molecule has 2 heterocycles. The number of halogens is 2. The molecule has 0 amide bonds. The molecule has 20 heavy (non-hydrogen) atoms. The van der Waals surface area contributed by atoms with Crippen LogP contribution >= 0.6 is 11.3 Å². The van der Waals surface area contributed by atoms with Crippen molar-refractivity contribution in [3.8, 4) is 0 Å². The van der Waals surface area contributed by atoms with Crippen LogP contribution in [0.5, 0.6) is 0 Å². The van der Waals surface area contributed by atoms with Crippen LogP contribution in [-0.4, -0.2) is 15.7 Å². The van der Waals surface area contributed by atoms with E-state index < -0.39 is 11.6 Å². The van der Waals surface area contributed by atoms with Crippen LogP contribution in [-0.2, 0) is 6.42 Å². The normalized spacial score (nSPS) is 11.2. The van der Waals surface area contributed by atoms with Crippen molar-refractivity contribution < 1.29 is 13.6 Å². The number of carbonyl (C=O) groups excluding carboxylic acids is 1. The summed E-state index contributed by atoms with van der Waals surface area (Å²) in [6, 6.07) is 3.41. The number of hydrogen-bond acceptors (Lipinski definition) is 3. The minimum Gasteiger partial charge on any atom is -0.296 e. The molecule has 0 aliphatic carbocycles. The van der Waals surface area contributed by atoms with Gasteiger partial charge in [0.1, 0.15) is 17.3 Å². The van der Waals surface area contributed by atoms with E-state index in [0.717, 1.165) is 29.0 Å². The lowest BCUT2D eigenvalue weighted by atomic mass is 10.1. The molecule has 0 bridgehead atoms. The van der Waals surface area contributed by atoms with Gasteiger partial charge in [-0.15, -0.1) is 11.3 Å². The highest BCUT2D eigenvalue weighted by Crippen LogP contribution is 2.26. The summed E-state index contributed by atoms with van der Waals surface area (Å²) in [5.74, 6) is -0.901. The number of aromatic nitrogens is 2. The molecule has 0 aliphatic rings. The van der Waals surface area contributed by atoms with Crippen molar-refractivity contribution in [2.45, 2.75) is 13.3 Å². The number of imidazole rings is 1. The maximum atomic E-state index is 13.7. The number of carbonyl (C=O) groups is 1. The van der Waals surface area contributed by atoms with Crippen molar-refractivity contribution in [3.05, 3.63) is 57.9 Å². The first-order valence-electron chi connectivity index (χ1n) is 5.95. The van der Waals surface area contributed by atoms with Crippen molar-refractivity contribution in [1.29, 1.82) is 0 Å². The van der Waals surface area contributed by atoms with E-state index in [1.807, 2.05) is 6.92 Å². The fourth-order valence-electron chi connectivity index (χ4n) is 2.16. The van der Waals surface area contributed by atoms with Crippen molar-refractivity contribution >= 4 is 22.6 Å². The van der Waals surface area contributed by atoms with Gasteiger partial charge in [0.2, 0.25) is 0 Å². The first-order chi connectivity index (χ1) is 9.60. The van der Waals surface area contributed by atoms with E-state index in [1.54, 1.807) is 4.40 Å². The summed E-state index contributed by atoms with van der Waals surface area (Å²) in [6.45, 7) is 1.84. The SMILES string of the molecule is Cc1c(Cc2cc(F)ccc2F)sc2ncc(C=O)n12. The summed E-state index contributed by atoms with van der Waals surface area (Å²) in [6.07, 6.45) is 2.51. The fourth-order valence-corrected chi connectivity index (χ4v) is 3.29. The number of hydrogen-bond donors (Lipinski definition) is 0. The lowest BCUT2D eigenvalue weighted by Gasteiger charge is -2.03. The van der Waals surface area contributed by atoms with Gasteiger partial charge in [0.05, 0.1) is 6.20 Å². The molecule has 1 aromatic carbocycles. The average molecular weight is 292 g/mol. The molecule has 0 aliphatic heterocycles. The summed E-state index contributed by atoms with van der Waals surface area (Å²) < 4.78 is 28.6. The number of thiazole rings is 1. The molecule has 0 atom stereocenters. The molecule has 3 nitrogen and oxygen atoms in total. The molecule has 102 valence electrons. The number of aryl methyl sites for hydroxylation is 1. The lowest BCUT2D eigenvalue weighted by Crippen LogP contribution is -1.96. The summed E-state index contributed by atoms with van der Waals surface area (Å²) in [4.78, 5) is 16.6. The van der Waals surface area contributed by atoms with Crippen LogP contribution in [0.1, 0.15) is 26.6 Å². The molecule has 0 fully saturated rings. The topological polar surface area (TPSA) is 34.4 Å². The van der Waals surface area contributed by atoms with E-state index in [2.05, 4.69) is 4.98 Å². The molecule has 3 aromatic rings. The highest BCUT2D eigenvalue weighted by Gasteiger charge is 2.15. The van der Waals surface area contributed by atoms with Gasteiger partial charge < -0.3 is 0 Å². The second kappa shape index (κ2) is 4.79. The van der Waals surface area contributed by atoms with Crippen LogP contribution in [0.4, 0.5) is 8.78 Å². The second-order valence-electron chi connectivity index (χ2n) is 4.44. The third-order valence-corrected chi connectivity index (χ3v) is 4.35. The Balaban J connectivity index is 2.07. The van der Waals surface area contributed by atoms with Crippen molar-refractivity contribution in [3.63, 3.8) is 0 Å². The second-order valence-corrected chi connectivity index (χ2v) is 5.50. The number of benzene rings is 1. The van der Waals surface area contributed by atoms with E-state index in [9.17, 15) is 13.6 Å². The van der Waals surface area contributed by atoms with Gasteiger partial charge >= 0.3 is 0 Å². The van der Waals surface area contributed by atoms with Crippen LogP contribution in [0, 0.1) is 18.6 Å². The minimum atomic E-state index is -0.464. The Labute approximate surface area is 117 Å². The van der Waals surface area contributed by atoms with Gasteiger partial charge in [0, 0.05) is 17.0 Å². The fraction of sp³-hybridized carbons (Fsp3) is 0.143. The number of nitrogens with zero attached hydrogens (tertiary/aromatic N) is 2. The van der Waals surface area contributed by atoms with Gasteiger partial charge in [-0.05, 0) is 30.7 Å². The van der Waals surface area contributed by atoms with Crippen LogP contribution in [0.3, 0.4) is 0 Å². The number of aldehydes is 1. The quantitative estimate of drug-likeness (QED) is 0.693. The largest absolute Gasteiger partial charge is 0.296 e. The molecular weight excluding hydrogens is 282 g/mol. The van der Waals surface area contributed by atoms with Gasteiger partial charge in [0.25, 0.3) is 0 Å². The van der Waals surface area contributed by atoms with Gasteiger partial charge in [-0.1, -0.05) is 0 Å². The third kappa shape index (κ3) is 2.02. The highest BCUT2D eigenvalue weighted by atomic mass is 32.1. The third-order valence-electron chi connectivity index (χ3n) is 3.19. The van der Waals surface area contributed by atoms with Crippen molar-refractivity contribution in [2.75, 3.05) is 0 Å². The summed E-state index contributed by atoms with van der Waals surface area (Å²) in [5, 5.41) is 0. The Bertz CT molecular complexity index is 807. The Morgan fingerprint density at radius 1 is 1.40 bits per heavy atom. The maximum absolute atomic E-state index is 13.7. The Morgan fingerprint density at radius 3 is 2.95 bits per heavy atom. The first kappa shape index (κ1) is 12.9. The Hall–Kier alpha value is -2.08. The predicted molar refractivity (Wildman–Crippen MR) is 72.4 cm³/mol. The van der Waals surface area contributed by atoms with Crippen molar-refractivity contribution in [2.24, 2.45) is 0 Å². The van der Waals surface area contributed by atoms with E-state index in [1.165, 1.54) is 23.6 Å². The molecule has 0 saturated carbocycles. The summed E-state index contributed by atoms with van der Waals surface area (Å²) in [5.41, 5.74) is 1.58. The highest BCUT2D eigenvalue weighted by molar-refractivity contribution is 7.17. The number of fused-ring (bicyclic) bond motifs is 1. The van der Waals surface area contributed by atoms with Crippen LogP contribution in [0.2, 0.25) is 0 Å². The summed E-state index contributed by atoms with van der Waals surface area (Å²) >= 11 is 1.37. The molecule has 3 rings (SSSR count). The zero-order valence-corrected chi connectivity index (χ0v) is 11.4. The van der Waals surface area contributed by atoms with Gasteiger partial charge in [-0.2, -0.15) is 0 Å². The van der Waals surface area contributed by atoms with Crippen LogP contribution < -0.4 is 0 Å². The molecule has 0 saturated heterocycles. The molecular formula is C14H10F2N2OS. The standard InChI is InChI=1S/C14H10F2N2OS/c1-8-13(5-9-4-10(15)2-3-12(9)16)20-14-17-6-11(7-19)18(8)14/h2-4,6-7H,5H2,1H3. The Kier molecular flexibility index (Phi) is 3.10. The van der Waals surface area contributed by atoms with Gasteiger partial charge in [0.15, 0.2) is 11.2 Å². The zero-order chi connectivity index (χ0) is 14.3. The van der Waals surface area contributed by atoms with E-state index in [-0.39, 0.29) is 6.42 Å². The molecule has 0 unspecified atom stereocenters. The maximum Gasteiger partial charge on any atom is 0.194 e. The molecule has 0 N–H and O–H groups in total. The van der Waals surface area contributed by atoms with E-state index in [4.69, 9.17) is 0 Å². The van der Waals surface area contributed by atoms with Gasteiger partial charge in [-0.3, -0.25) is 9.20 Å². The van der Waals surface area contributed by atoms with Crippen LogP contribution in [0.15, 0.2) is 24.4 Å². The van der Waals surface area contributed by atoms with Crippen molar-refractivity contribution in [1.82, 2.24) is 9.38 Å². The van der Waals surface area contributed by atoms with Crippen LogP contribution in [0.25, 0.3) is 4.96 Å². The predicted octanol–water partition coefficient (Wildman–Crippen LogP) is 3.39. The van der Waals surface area contributed by atoms with E-state index in [0.29, 0.717) is 16.2 Å². The molecule has 2 aromatic heterocycles. The zero-order valence-electron chi connectivity index (χ0n) is 10.6. The molecule has 0 radical (unpaired) electrons. The molecule has 6 heteroatoms. The number of rotatable bonds is 3. The average Bonchev–Trinajstić information content (AvgIpc) is 2.95. The monoisotopic (exact) mass is 292 g/mol. The summed E-state index contributed by atoms with van der Waals surface area (Å²) in [7, 11) is 0. The Morgan fingerprint density at radius 2 is 2.20 bits per heavy atom. The smallest absolute Gasteiger partial charge is 0.194 e. The molecule has 0 spiro atoms.